The van der Waals surface area contributed by atoms with Crippen LogP contribution in [0.2, 0.25) is 0 Å². The van der Waals surface area contributed by atoms with Crippen LogP contribution < -0.4 is 16.0 Å². The fraction of sp³-hybridized carbons (Fsp3) is 0.375. The molecule has 1 heterocycles. The van der Waals surface area contributed by atoms with Gasteiger partial charge in [-0.05, 0) is 59.1 Å². The van der Waals surface area contributed by atoms with Crippen LogP contribution in [-0.2, 0) is 25.7 Å². The summed E-state index contributed by atoms with van der Waals surface area (Å²) in [6.07, 6.45) is 6.76. The highest BCUT2D eigenvalue weighted by atomic mass is 32.3. The zero-order valence-electron chi connectivity index (χ0n) is 18.9. The van der Waals surface area contributed by atoms with Crippen LogP contribution in [0.25, 0.3) is 0 Å². The van der Waals surface area contributed by atoms with Crippen molar-refractivity contribution in [2.75, 3.05) is 37.7 Å². The van der Waals surface area contributed by atoms with E-state index in [1.54, 1.807) is 7.11 Å². The summed E-state index contributed by atoms with van der Waals surface area (Å²) in [4.78, 5) is 38.7. The lowest BCUT2D eigenvalue weighted by molar-refractivity contribution is -0.129. The number of anilines is 1. The molecule has 0 saturated carbocycles. The molecule has 1 fully saturated rings. The van der Waals surface area contributed by atoms with Crippen LogP contribution in [0.5, 0.6) is 0 Å². The third-order valence-electron chi connectivity index (χ3n) is 5.35. The molecular formula is C24H31N3O4S. The van der Waals surface area contributed by atoms with Crippen LogP contribution in [0.15, 0.2) is 53.4 Å². The van der Waals surface area contributed by atoms with Crippen LogP contribution in [0.4, 0.5) is 5.69 Å². The Balaban J connectivity index is 1.79. The summed E-state index contributed by atoms with van der Waals surface area (Å²) in [5, 5.41) is 8.40. The molecule has 32 heavy (non-hydrogen) atoms. The molecule has 2 unspecified atom stereocenters. The van der Waals surface area contributed by atoms with Crippen molar-refractivity contribution in [1.82, 2.24) is 10.6 Å². The number of hydrogen-bond donors (Lipinski definition) is 3. The molecule has 0 aliphatic carbocycles. The second-order valence-corrected chi connectivity index (χ2v) is 12.8. The van der Waals surface area contributed by atoms with Gasteiger partial charge in [0.2, 0.25) is 11.8 Å². The molecule has 1 aliphatic heterocycles. The SMILES string of the molecule is COCc1ccc(C(NC(=O)C2CNC(=O)C2)C(=O)Nc2ccc(S(C)(C)C)cc2)cc1. The van der Waals surface area contributed by atoms with Gasteiger partial charge >= 0.3 is 0 Å². The van der Waals surface area contributed by atoms with E-state index in [1.807, 2.05) is 48.5 Å². The van der Waals surface area contributed by atoms with Gasteiger partial charge in [0.1, 0.15) is 6.04 Å². The molecule has 0 spiro atoms. The molecule has 3 N–H and O–H groups in total. The van der Waals surface area contributed by atoms with E-state index >= 15 is 0 Å². The molecule has 172 valence electrons. The van der Waals surface area contributed by atoms with E-state index in [0.29, 0.717) is 17.9 Å². The normalized spacial score (nSPS) is 17.4. The number of rotatable bonds is 8. The quantitative estimate of drug-likeness (QED) is 0.568. The first-order valence-corrected chi connectivity index (χ1v) is 13.3. The van der Waals surface area contributed by atoms with Crippen molar-refractivity contribution in [2.45, 2.75) is 24.0 Å². The molecule has 1 saturated heterocycles. The molecule has 0 bridgehead atoms. The van der Waals surface area contributed by atoms with E-state index in [2.05, 4.69) is 34.7 Å². The first-order chi connectivity index (χ1) is 15.2. The summed E-state index contributed by atoms with van der Waals surface area (Å²) in [6.45, 7) is 0.740. The van der Waals surface area contributed by atoms with Crippen LogP contribution in [0.3, 0.4) is 0 Å². The summed E-state index contributed by atoms with van der Waals surface area (Å²) in [5.74, 6) is -1.31. The standard InChI is InChI=1S/C24H31N3O4S/c1-31-15-16-5-7-17(8-6-16)22(27-23(29)18-13-21(28)25-14-18)24(30)26-19-9-11-20(12-10-19)32(2,3)4/h5-12,18,22H,13-15H2,1-4H3,(H,25,28)(H,26,30)(H,27,29). The predicted molar refractivity (Wildman–Crippen MR) is 128 cm³/mol. The molecule has 2 atom stereocenters. The van der Waals surface area contributed by atoms with Crippen LogP contribution in [0, 0.1) is 5.92 Å². The Morgan fingerprint density at radius 1 is 1.09 bits per heavy atom. The predicted octanol–water partition coefficient (Wildman–Crippen LogP) is 2.82. The lowest BCUT2D eigenvalue weighted by Gasteiger charge is -2.26. The monoisotopic (exact) mass is 457 g/mol. The van der Waals surface area contributed by atoms with Gasteiger partial charge in [0.25, 0.3) is 5.91 Å². The van der Waals surface area contributed by atoms with Gasteiger partial charge in [-0.1, -0.05) is 24.3 Å². The van der Waals surface area contributed by atoms with Gasteiger partial charge in [-0.15, -0.1) is 0 Å². The summed E-state index contributed by atoms with van der Waals surface area (Å²) in [6, 6.07) is 14.3. The zero-order valence-corrected chi connectivity index (χ0v) is 19.8. The number of carbonyl (C=O) groups is 3. The topological polar surface area (TPSA) is 96.5 Å². The van der Waals surface area contributed by atoms with Crippen LogP contribution in [-0.4, -0.2) is 50.1 Å². The van der Waals surface area contributed by atoms with Crippen molar-refractivity contribution in [3.8, 4) is 0 Å². The number of carbonyl (C=O) groups excluding carboxylic acids is 3. The first kappa shape index (κ1) is 23.8. The van der Waals surface area contributed by atoms with E-state index in [4.69, 9.17) is 4.74 Å². The first-order valence-electron chi connectivity index (χ1n) is 10.4. The number of amides is 3. The highest BCUT2D eigenvalue weighted by molar-refractivity contribution is 8.32. The van der Waals surface area contributed by atoms with Crippen molar-refractivity contribution in [3.05, 3.63) is 59.7 Å². The number of benzene rings is 2. The van der Waals surface area contributed by atoms with Gasteiger partial charge in [0.05, 0.1) is 12.5 Å². The van der Waals surface area contributed by atoms with Crippen molar-refractivity contribution in [1.29, 1.82) is 0 Å². The lowest BCUT2D eigenvalue weighted by atomic mass is 10.0. The number of nitrogens with one attached hydrogen (secondary N) is 3. The van der Waals surface area contributed by atoms with E-state index in [-0.39, 0.29) is 30.7 Å². The van der Waals surface area contributed by atoms with Crippen molar-refractivity contribution in [2.24, 2.45) is 5.92 Å². The Hall–Kier alpha value is -2.84. The Kier molecular flexibility index (Phi) is 7.58. The van der Waals surface area contributed by atoms with Gasteiger partial charge in [-0.2, -0.15) is 0 Å². The van der Waals surface area contributed by atoms with Crippen molar-refractivity contribution < 1.29 is 19.1 Å². The van der Waals surface area contributed by atoms with E-state index in [1.165, 1.54) is 4.90 Å². The molecule has 1 aliphatic rings. The van der Waals surface area contributed by atoms with Gasteiger partial charge < -0.3 is 20.7 Å². The maximum Gasteiger partial charge on any atom is 0.251 e. The second-order valence-electron chi connectivity index (χ2n) is 8.67. The minimum Gasteiger partial charge on any atom is -0.380 e. The highest BCUT2D eigenvalue weighted by Crippen LogP contribution is 2.45. The van der Waals surface area contributed by atoms with E-state index < -0.39 is 22.0 Å². The van der Waals surface area contributed by atoms with Crippen molar-refractivity contribution in [3.63, 3.8) is 0 Å². The lowest BCUT2D eigenvalue weighted by Crippen LogP contribution is -2.40. The third-order valence-corrected chi connectivity index (χ3v) is 7.04. The molecule has 2 aromatic carbocycles. The minimum absolute atomic E-state index is 0.129. The zero-order chi connectivity index (χ0) is 23.3. The minimum atomic E-state index is -0.886. The third kappa shape index (κ3) is 6.11. The molecule has 8 heteroatoms. The molecule has 3 rings (SSSR count). The van der Waals surface area contributed by atoms with Gasteiger partial charge in [-0.25, -0.2) is 10.0 Å². The van der Waals surface area contributed by atoms with Gasteiger partial charge in [0, 0.05) is 25.8 Å². The molecule has 0 aromatic heterocycles. The highest BCUT2D eigenvalue weighted by Gasteiger charge is 2.31. The summed E-state index contributed by atoms with van der Waals surface area (Å²) < 4.78 is 5.14. The Morgan fingerprint density at radius 2 is 1.75 bits per heavy atom. The summed E-state index contributed by atoms with van der Waals surface area (Å²) in [5.41, 5.74) is 2.28. The molecule has 2 aromatic rings. The average Bonchev–Trinajstić information content (AvgIpc) is 3.19. The Bertz CT molecular complexity index is 968. The number of methoxy groups -OCH3 is 1. The maximum absolute atomic E-state index is 13.2. The summed E-state index contributed by atoms with van der Waals surface area (Å²) in [7, 11) is 0.759. The van der Waals surface area contributed by atoms with Gasteiger partial charge in [0.15, 0.2) is 0 Å². The molecule has 3 amide bonds. The Labute approximate surface area is 190 Å². The number of hydrogen-bond acceptors (Lipinski definition) is 4. The van der Waals surface area contributed by atoms with E-state index in [9.17, 15) is 14.4 Å². The Morgan fingerprint density at radius 3 is 2.28 bits per heavy atom. The smallest absolute Gasteiger partial charge is 0.251 e. The van der Waals surface area contributed by atoms with E-state index in [0.717, 1.165) is 5.56 Å². The fourth-order valence-electron chi connectivity index (χ4n) is 3.48. The maximum atomic E-state index is 13.2. The second kappa shape index (κ2) is 10.2. The molecule has 0 radical (unpaired) electrons. The largest absolute Gasteiger partial charge is 0.380 e. The van der Waals surface area contributed by atoms with Crippen LogP contribution >= 0.6 is 10.0 Å². The fourth-order valence-corrected chi connectivity index (χ4v) is 4.44. The van der Waals surface area contributed by atoms with Gasteiger partial charge in [-0.3, -0.25) is 14.4 Å². The number of ether oxygens (including phenoxy) is 1. The average molecular weight is 458 g/mol. The molecule has 7 nitrogen and oxygen atoms in total. The van der Waals surface area contributed by atoms with Crippen molar-refractivity contribution >= 4 is 33.4 Å². The molecular weight excluding hydrogens is 426 g/mol. The summed E-state index contributed by atoms with van der Waals surface area (Å²) >= 11 is 0. The van der Waals surface area contributed by atoms with Crippen LogP contribution in [0.1, 0.15) is 23.6 Å².